The molecular weight excluding hydrogens is 424 g/mol. The van der Waals surface area contributed by atoms with Crippen molar-refractivity contribution in [3.8, 4) is 0 Å². The SMILES string of the molecule is CCCCCCCN1C=CN(Cc2ccccc2)C1(Cc1ccccc1)C(CC)c1ccccc1. The molecule has 35 heavy (non-hydrogen) atoms. The van der Waals surface area contributed by atoms with Gasteiger partial charge in [0.1, 0.15) is 5.66 Å². The summed E-state index contributed by atoms with van der Waals surface area (Å²) in [5.74, 6) is 0.387. The van der Waals surface area contributed by atoms with Crippen LogP contribution < -0.4 is 0 Å². The summed E-state index contributed by atoms with van der Waals surface area (Å²) in [6.07, 6.45) is 13.4. The first kappa shape index (κ1) is 25.1. The highest BCUT2D eigenvalue weighted by Crippen LogP contribution is 2.45. The van der Waals surface area contributed by atoms with Gasteiger partial charge in [-0.05, 0) is 29.5 Å². The summed E-state index contributed by atoms with van der Waals surface area (Å²) in [7, 11) is 0. The fraction of sp³-hybridized carbons (Fsp3) is 0.394. The van der Waals surface area contributed by atoms with Crippen molar-refractivity contribution in [2.24, 2.45) is 0 Å². The van der Waals surface area contributed by atoms with Gasteiger partial charge in [0.05, 0.1) is 0 Å². The maximum Gasteiger partial charge on any atom is 0.123 e. The van der Waals surface area contributed by atoms with E-state index >= 15 is 0 Å². The number of hydrogen-bond donors (Lipinski definition) is 0. The minimum atomic E-state index is -0.141. The van der Waals surface area contributed by atoms with Crippen molar-refractivity contribution in [1.82, 2.24) is 9.80 Å². The predicted octanol–water partition coefficient (Wildman–Crippen LogP) is 8.38. The van der Waals surface area contributed by atoms with Crippen LogP contribution in [-0.4, -0.2) is 22.0 Å². The standard InChI is InChI=1S/C33H42N2/c1-3-5-6-7-17-24-34-25-26-35(28-30-20-13-9-14-21-30)33(34,27-29-18-11-8-12-19-29)32(4-2)31-22-15-10-16-23-31/h8-16,18-23,25-26,32H,3-7,17,24,27-28H2,1-2H3. The van der Waals surface area contributed by atoms with E-state index < -0.39 is 0 Å². The molecule has 184 valence electrons. The summed E-state index contributed by atoms with van der Waals surface area (Å²) in [6, 6.07) is 33.3. The van der Waals surface area contributed by atoms with E-state index in [0.717, 1.165) is 25.9 Å². The molecular formula is C33H42N2. The molecule has 0 saturated carbocycles. The molecule has 0 aromatic heterocycles. The molecule has 0 bridgehead atoms. The average Bonchev–Trinajstić information content (AvgIpc) is 3.23. The molecule has 0 saturated heterocycles. The fourth-order valence-electron chi connectivity index (χ4n) is 5.85. The first-order chi connectivity index (χ1) is 17.3. The smallest absolute Gasteiger partial charge is 0.123 e. The molecule has 1 heterocycles. The Balaban J connectivity index is 1.74. The zero-order valence-corrected chi connectivity index (χ0v) is 21.7. The van der Waals surface area contributed by atoms with Gasteiger partial charge in [0.25, 0.3) is 0 Å². The summed E-state index contributed by atoms with van der Waals surface area (Å²) < 4.78 is 0. The zero-order valence-electron chi connectivity index (χ0n) is 21.7. The maximum absolute atomic E-state index is 2.69. The first-order valence-corrected chi connectivity index (χ1v) is 13.6. The summed E-state index contributed by atoms with van der Waals surface area (Å²) in [5.41, 5.74) is 4.06. The summed E-state index contributed by atoms with van der Waals surface area (Å²) in [6.45, 7) is 6.67. The number of unbranched alkanes of at least 4 members (excludes halogenated alkanes) is 4. The Morgan fingerprint density at radius 3 is 1.83 bits per heavy atom. The lowest BCUT2D eigenvalue weighted by Gasteiger charge is -2.51. The molecule has 0 radical (unpaired) electrons. The van der Waals surface area contributed by atoms with Crippen LogP contribution in [0.25, 0.3) is 0 Å². The molecule has 2 atom stereocenters. The fourth-order valence-corrected chi connectivity index (χ4v) is 5.85. The molecule has 2 unspecified atom stereocenters. The number of nitrogens with zero attached hydrogens (tertiary/aromatic N) is 2. The molecule has 0 aliphatic carbocycles. The lowest BCUT2D eigenvalue weighted by Crippen LogP contribution is -2.59. The normalized spacial score (nSPS) is 18.2. The van der Waals surface area contributed by atoms with Crippen molar-refractivity contribution < 1.29 is 0 Å². The third-order valence-corrected chi connectivity index (χ3v) is 7.59. The largest absolute Gasteiger partial charge is 0.353 e. The van der Waals surface area contributed by atoms with Crippen molar-refractivity contribution in [3.63, 3.8) is 0 Å². The molecule has 2 heteroatoms. The van der Waals surface area contributed by atoms with E-state index in [-0.39, 0.29) is 5.66 Å². The third-order valence-electron chi connectivity index (χ3n) is 7.59. The predicted molar refractivity (Wildman–Crippen MR) is 149 cm³/mol. The Hall–Kier alpha value is -3.00. The lowest BCUT2D eigenvalue weighted by atomic mass is 9.78. The Labute approximate surface area is 213 Å². The monoisotopic (exact) mass is 466 g/mol. The van der Waals surface area contributed by atoms with Crippen molar-refractivity contribution in [1.29, 1.82) is 0 Å². The van der Waals surface area contributed by atoms with Crippen LogP contribution in [0, 0.1) is 0 Å². The van der Waals surface area contributed by atoms with E-state index in [2.05, 4.69) is 127 Å². The molecule has 0 amide bonds. The van der Waals surface area contributed by atoms with Gasteiger partial charge in [0.15, 0.2) is 0 Å². The van der Waals surface area contributed by atoms with E-state index in [1.807, 2.05) is 0 Å². The van der Waals surface area contributed by atoms with Crippen LogP contribution in [0.5, 0.6) is 0 Å². The van der Waals surface area contributed by atoms with Gasteiger partial charge in [-0.1, -0.05) is 131 Å². The third kappa shape index (κ3) is 5.99. The Kier molecular flexibility index (Phi) is 9.06. The van der Waals surface area contributed by atoms with Gasteiger partial charge in [0, 0.05) is 37.8 Å². The van der Waals surface area contributed by atoms with Crippen molar-refractivity contribution in [2.45, 2.75) is 76.9 Å². The molecule has 3 aromatic rings. The van der Waals surface area contributed by atoms with E-state index in [1.165, 1.54) is 48.8 Å². The van der Waals surface area contributed by atoms with E-state index in [4.69, 9.17) is 0 Å². The maximum atomic E-state index is 2.69. The number of benzene rings is 3. The van der Waals surface area contributed by atoms with Crippen molar-refractivity contribution >= 4 is 0 Å². The Morgan fingerprint density at radius 1 is 0.629 bits per heavy atom. The van der Waals surface area contributed by atoms with Crippen LogP contribution in [0.3, 0.4) is 0 Å². The summed E-state index contributed by atoms with van der Waals surface area (Å²) in [5, 5.41) is 0. The summed E-state index contributed by atoms with van der Waals surface area (Å²) >= 11 is 0. The van der Waals surface area contributed by atoms with Crippen molar-refractivity contribution in [3.05, 3.63) is 120 Å². The van der Waals surface area contributed by atoms with Gasteiger partial charge in [0.2, 0.25) is 0 Å². The van der Waals surface area contributed by atoms with Crippen LogP contribution in [0.15, 0.2) is 103 Å². The van der Waals surface area contributed by atoms with E-state index in [1.54, 1.807) is 0 Å². The molecule has 1 aliphatic heterocycles. The number of rotatable bonds is 13. The molecule has 0 N–H and O–H groups in total. The highest BCUT2D eigenvalue weighted by atomic mass is 15.4. The van der Waals surface area contributed by atoms with Crippen LogP contribution in [0.4, 0.5) is 0 Å². The van der Waals surface area contributed by atoms with Gasteiger partial charge >= 0.3 is 0 Å². The van der Waals surface area contributed by atoms with Gasteiger partial charge in [-0.15, -0.1) is 0 Å². The summed E-state index contributed by atoms with van der Waals surface area (Å²) in [4.78, 5) is 5.33. The molecule has 0 fully saturated rings. The van der Waals surface area contributed by atoms with E-state index in [9.17, 15) is 0 Å². The van der Waals surface area contributed by atoms with E-state index in [0.29, 0.717) is 5.92 Å². The van der Waals surface area contributed by atoms with Gasteiger partial charge in [-0.2, -0.15) is 0 Å². The van der Waals surface area contributed by atoms with Gasteiger partial charge < -0.3 is 9.80 Å². The highest BCUT2D eigenvalue weighted by molar-refractivity contribution is 5.31. The zero-order chi connectivity index (χ0) is 24.3. The minimum absolute atomic E-state index is 0.141. The molecule has 4 rings (SSSR count). The second-order valence-electron chi connectivity index (χ2n) is 9.93. The van der Waals surface area contributed by atoms with Crippen LogP contribution in [0.2, 0.25) is 0 Å². The van der Waals surface area contributed by atoms with Crippen LogP contribution in [0.1, 0.15) is 75.0 Å². The topological polar surface area (TPSA) is 6.48 Å². The minimum Gasteiger partial charge on any atom is -0.353 e. The molecule has 3 aromatic carbocycles. The van der Waals surface area contributed by atoms with Gasteiger partial charge in [-0.25, -0.2) is 0 Å². The average molecular weight is 467 g/mol. The number of hydrogen-bond acceptors (Lipinski definition) is 2. The molecule has 0 spiro atoms. The second kappa shape index (κ2) is 12.6. The molecule has 2 nitrogen and oxygen atoms in total. The lowest BCUT2D eigenvalue weighted by molar-refractivity contribution is -0.00767. The Bertz CT molecular complexity index is 1010. The quantitative estimate of drug-likeness (QED) is 0.233. The highest BCUT2D eigenvalue weighted by Gasteiger charge is 2.49. The van der Waals surface area contributed by atoms with Crippen LogP contribution >= 0.6 is 0 Å². The van der Waals surface area contributed by atoms with Crippen molar-refractivity contribution in [2.75, 3.05) is 6.54 Å². The second-order valence-corrected chi connectivity index (χ2v) is 9.93. The molecule has 1 aliphatic rings. The van der Waals surface area contributed by atoms with Crippen LogP contribution in [-0.2, 0) is 13.0 Å². The Morgan fingerprint density at radius 2 is 1.20 bits per heavy atom. The van der Waals surface area contributed by atoms with Gasteiger partial charge in [-0.3, -0.25) is 0 Å². The first-order valence-electron chi connectivity index (χ1n) is 13.6.